The van der Waals surface area contributed by atoms with Crippen LogP contribution in [0.4, 0.5) is 5.69 Å². The molecule has 0 heterocycles. The van der Waals surface area contributed by atoms with E-state index in [2.05, 4.69) is 20.7 Å². The van der Waals surface area contributed by atoms with Crippen LogP contribution in [0, 0.1) is 0 Å². The van der Waals surface area contributed by atoms with E-state index in [0.29, 0.717) is 34.9 Å². The van der Waals surface area contributed by atoms with Crippen molar-refractivity contribution in [2.24, 2.45) is 0 Å². The van der Waals surface area contributed by atoms with Gasteiger partial charge in [-0.25, -0.2) is 8.42 Å². The standard InChI is InChI=1S/C16H18BrNO4S/c1-3-21-14-10-9-12(11-15(14)22-4-2)18-23(19,20)16-8-6-5-7-13(16)17/h5-11,18H,3-4H2,1-2H3. The number of rotatable bonds is 7. The Morgan fingerprint density at radius 1 is 1.00 bits per heavy atom. The molecule has 5 nitrogen and oxygen atoms in total. The monoisotopic (exact) mass is 399 g/mol. The third-order valence-electron chi connectivity index (χ3n) is 2.92. The van der Waals surface area contributed by atoms with Gasteiger partial charge in [-0.3, -0.25) is 4.72 Å². The normalized spacial score (nSPS) is 11.1. The van der Waals surface area contributed by atoms with Crippen molar-refractivity contribution in [1.82, 2.24) is 0 Å². The van der Waals surface area contributed by atoms with Gasteiger partial charge in [-0.15, -0.1) is 0 Å². The Morgan fingerprint density at radius 3 is 2.30 bits per heavy atom. The molecular formula is C16H18BrNO4S. The second-order valence-electron chi connectivity index (χ2n) is 4.56. The zero-order valence-electron chi connectivity index (χ0n) is 12.9. The molecule has 23 heavy (non-hydrogen) atoms. The number of ether oxygens (including phenoxy) is 2. The third-order valence-corrected chi connectivity index (χ3v) is 5.32. The van der Waals surface area contributed by atoms with Crippen molar-refractivity contribution in [3.05, 3.63) is 46.9 Å². The highest BCUT2D eigenvalue weighted by Crippen LogP contribution is 2.32. The first-order valence-electron chi connectivity index (χ1n) is 7.15. The maximum atomic E-state index is 12.5. The minimum Gasteiger partial charge on any atom is -0.490 e. The van der Waals surface area contributed by atoms with Crippen molar-refractivity contribution < 1.29 is 17.9 Å². The van der Waals surface area contributed by atoms with E-state index in [-0.39, 0.29) is 4.90 Å². The fraction of sp³-hybridized carbons (Fsp3) is 0.250. The quantitative estimate of drug-likeness (QED) is 0.762. The second kappa shape index (κ2) is 7.70. The maximum absolute atomic E-state index is 12.5. The lowest BCUT2D eigenvalue weighted by Crippen LogP contribution is -2.13. The van der Waals surface area contributed by atoms with Crippen molar-refractivity contribution in [1.29, 1.82) is 0 Å². The molecular weight excluding hydrogens is 382 g/mol. The Labute approximate surface area is 144 Å². The van der Waals surface area contributed by atoms with Gasteiger partial charge in [-0.2, -0.15) is 0 Å². The first-order valence-corrected chi connectivity index (χ1v) is 9.42. The van der Waals surface area contributed by atoms with E-state index < -0.39 is 10.0 Å². The molecule has 2 aromatic carbocycles. The molecule has 0 radical (unpaired) electrons. The summed E-state index contributed by atoms with van der Waals surface area (Å²) >= 11 is 3.25. The lowest BCUT2D eigenvalue weighted by molar-refractivity contribution is 0.288. The van der Waals surface area contributed by atoms with E-state index in [4.69, 9.17) is 9.47 Å². The molecule has 2 rings (SSSR count). The minimum atomic E-state index is -3.69. The molecule has 2 aromatic rings. The predicted molar refractivity (Wildman–Crippen MR) is 93.7 cm³/mol. The lowest BCUT2D eigenvalue weighted by Gasteiger charge is -2.14. The van der Waals surface area contributed by atoms with E-state index in [1.54, 1.807) is 36.4 Å². The summed E-state index contributed by atoms with van der Waals surface area (Å²) in [6, 6.07) is 11.6. The van der Waals surface area contributed by atoms with Crippen molar-refractivity contribution >= 4 is 31.6 Å². The van der Waals surface area contributed by atoms with Crippen molar-refractivity contribution in [3.8, 4) is 11.5 Å². The summed E-state index contributed by atoms with van der Waals surface area (Å²) in [6.07, 6.45) is 0. The van der Waals surface area contributed by atoms with Crippen LogP contribution in [0.15, 0.2) is 51.8 Å². The number of benzene rings is 2. The number of anilines is 1. The summed E-state index contributed by atoms with van der Waals surface area (Å²) in [6.45, 7) is 4.69. The average Bonchev–Trinajstić information content (AvgIpc) is 2.50. The van der Waals surface area contributed by atoms with Crippen LogP contribution < -0.4 is 14.2 Å². The SMILES string of the molecule is CCOc1ccc(NS(=O)(=O)c2ccccc2Br)cc1OCC. The van der Waals surface area contributed by atoms with Gasteiger partial charge in [0.2, 0.25) is 0 Å². The molecule has 0 aromatic heterocycles. The largest absolute Gasteiger partial charge is 0.490 e. The summed E-state index contributed by atoms with van der Waals surface area (Å²) in [5, 5.41) is 0. The van der Waals surface area contributed by atoms with E-state index in [1.807, 2.05) is 13.8 Å². The number of sulfonamides is 1. The molecule has 0 atom stereocenters. The first-order chi connectivity index (χ1) is 11.0. The molecule has 0 spiro atoms. The van der Waals surface area contributed by atoms with Gasteiger partial charge in [-0.05, 0) is 54.0 Å². The van der Waals surface area contributed by atoms with Crippen LogP contribution in [-0.2, 0) is 10.0 Å². The zero-order valence-corrected chi connectivity index (χ0v) is 15.3. The Kier molecular flexibility index (Phi) is 5.90. The molecule has 0 bridgehead atoms. The fourth-order valence-electron chi connectivity index (χ4n) is 1.99. The Bertz CT molecular complexity index is 777. The van der Waals surface area contributed by atoms with Gasteiger partial charge >= 0.3 is 0 Å². The number of hydrogen-bond donors (Lipinski definition) is 1. The Balaban J connectivity index is 2.32. The molecule has 0 aliphatic heterocycles. The minimum absolute atomic E-state index is 0.173. The van der Waals surface area contributed by atoms with Gasteiger partial charge in [0, 0.05) is 10.5 Å². The van der Waals surface area contributed by atoms with Crippen molar-refractivity contribution in [2.75, 3.05) is 17.9 Å². The van der Waals surface area contributed by atoms with Crippen LogP contribution >= 0.6 is 15.9 Å². The van der Waals surface area contributed by atoms with Gasteiger partial charge in [0.15, 0.2) is 11.5 Å². The van der Waals surface area contributed by atoms with Crippen LogP contribution in [0.3, 0.4) is 0 Å². The molecule has 0 amide bonds. The van der Waals surface area contributed by atoms with Gasteiger partial charge in [-0.1, -0.05) is 12.1 Å². The van der Waals surface area contributed by atoms with Gasteiger partial charge in [0.1, 0.15) is 4.90 Å². The molecule has 0 saturated carbocycles. The molecule has 0 aliphatic rings. The Morgan fingerprint density at radius 2 is 1.65 bits per heavy atom. The number of halogens is 1. The van der Waals surface area contributed by atoms with E-state index in [1.165, 1.54) is 6.07 Å². The topological polar surface area (TPSA) is 64.6 Å². The summed E-state index contributed by atoms with van der Waals surface area (Å²) < 4.78 is 39.0. The van der Waals surface area contributed by atoms with Crippen molar-refractivity contribution in [2.45, 2.75) is 18.7 Å². The molecule has 0 unspecified atom stereocenters. The average molecular weight is 400 g/mol. The second-order valence-corrected chi connectivity index (χ2v) is 7.07. The zero-order chi connectivity index (χ0) is 16.9. The van der Waals surface area contributed by atoms with Crippen LogP contribution in [0.1, 0.15) is 13.8 Å². The molecule has 7 heteroatoms. The molecule has 0 fully saturated rings. The fourth-order valence-corrected chi connectivity index (χ4v) is 4.04. The smallest absolute Gasteiger partial charge is 0.263 e. The summed E-state index contributed by atoms with van der Waals surface area (Å²) in [5.74, 6) is 1.08. The predicted octanol–water partition coefficient (Wildman–Crippen LogP) is 4.05. The maximum Gasteiger partial charge on any atom is 0.263 e. The van der Waals surface area contributed by atoms with Crippen LogP contribution in [0.2, 0.25) is 0 Å². The van der Waals surface area contributed by atoms with E-state index in [0.717, 1.165) is 0 Å². The lowest BCUT2D eigenvalue weighted by atomic mass is 10.3. The Hall–Kier alpha value is -1.73. The molecule has 0 saturated heterocycles. The van der Waals surface area contributed by atoms with Crippen LogP contribution in [0.5, 0.6) is 11.5 Å². The highest BCUT2D eigenvalue weighted by molar-refractivity contribution is 9.10. The van der Waals surface area contributed by atoms with E-state index in [9.17, 15) is 8.42 Å². The summed E-state index contributed by atoms with van der Waals surface area (Å²) in [5.41, 5.74) is 0.410. The number of hydrogen-bond acceptors (Lipinski definition) is 4. The summed E-state index contributed by atoms with van der Waals surface area (Å²) in [4.78, 5) is 0.173. The van der Waals surface area contributed by atoms with Crippen LogP contribution in [-0.4, -0.2) is 21.6 Å². The first kappa shape index (κ1) is 17.6. The van der Waals surface area contributed by atoms with Gasteiger partial charge < -0.3 is 9.47 Å². The van der Waals surface area contributed by atoms with Gasteiger partial charge in [0.05, 0.1) is 18.9 Å². The van der Waals surface area contributed by atoms with Gasteiger partial charge in [0.25, 0.3) is 10.0 Å². The highest BCUT2D eigenvalue weighted by atomic mass is 79.9. The molecule has 1 N–H and O–H groups in total. The van der Waals surface area contributed by atoms with Crippen LogP contribution in [0.25, 0.3) is 0 Å². The summed E-state index contributed by atoms with van der Waals surface area (Å²) in [7, 11) is -3.69. The molecule has 124 valence electrons. The highest BCUT2D eigenvalue weighted by Gasteiger charge is 2.18. The van der Waals surface area contributed by atoms with Crippen molar-refractivity contribution in [3.63, 3.8) is 0 Å². The molecule has 0 aliphatic carbocycles. The van der Waals surface area contributed by atoms with E-state index >= 15 is 0 Å². The third kappa shape index (κ3) is 4.39. The number of nitrogens with one attached hydrogen (secondary N) is 1.